The highest BCUT2D eigenvalue weighted by atomic mass is 16.7. The van der Waals surface area contributed by atoms with Gasteiger partial charge in [0.1, 0.15) is 0 Å². The van der Waals surface area contributed by atoms with Gasteiger partial charge in [-0.05, 0) is 53.3 Å². The number of nitrogens with zero attached hydrogens (tertiary/aromatic N) is 2. The third kappa shape index (κ3) is 5.98. The van der Waals surface area contributed by atoms with Crippen LogP contribution in [0.1, 0.15) is 30.9 Å². The van der Waals surface area contributed by atoms with Gasteiger partial charge in [-0.2, -0.15) is 5.06 Å². The molecule has 3 amide bonds. The van der Waals surface area contributed by atoms with Crippen molar-refractivity contribution in [1.82, 2.24) is 10.2 Å². The number of anilines is 1. The minimum atomic E-state index is -0.902. The molecule has 1 fully saturated rings. The summed E-state index contributed by atoms with van der Waals surface area (Å²) in [5.74, 6) is -0.302. The third-order valence-corrected chi connectivity index (χ3v) is 7.22. The van der Waals surface area contributed by atoms with E-state index in [0.717, 1.165) is 33.4 Å². The minimum absolute atomic E-state index is 0.00724. The van der Waals surface area contributed by atoms with Crippen molar-refractivity contribution in [2.75, 3.05) is 31.3 Å². The molecule has 1 heterocycles. The molecule has 194 valence electrons. The molecule has 8 heteroatoms. The minimum Gasteiger partial charge on any atom is -0.351 e. The Bertz CT molecular complexity index is 1230. The van der Waals surface area contributed by atoms with Crippen molar-refractivity contribution >= 4 is 34.7 Å². The normalized spacial score (nSPS) is 14.8. The van der Waals surface area contributed by atoms with E-state index in [1.807, 2.05) is 66.7 Å². The topological polar surface area (TPSA) is 105 Å². The lowest BCUT2D eigenvalue weighted by Gasteiger charge is -2.40. The Morgan fingerprint density at radius 1 is 1.05 bits per heavy atom. The number of carbonyl (C=O) groups is 3. The van der Waals surface area contributed by atoms with Crippen LogP contribution in [-0.2, 0) is 32.2 Å². The van der Waals surface area contributed by atoms with Crippen molar-refractivity contribution < 1.29 is 19.2 Å². The highest BCUT2D eigenvalue weighted by Gasteiger charge is 2.43. The predicted octanol–water partition coefficient (Wildman–Crippen LogP) is 3.18. The molecule has 37 heavy (non-hydrogen) atoms. The van der Waals surface area contributed by atoms with E-state index in [1.165, 1.54) is 0 Å². The van der Waals surface area contributed by atoms with E-state index in [1.54, 1.807) is 4.90 Å². The van der Waals surface area contributed by atoms with Gasteiger partial charge in [0.2, 0.25) is 18.2 Å². The molecule has 0 radical (unpaired) electrons. The van der Waals surface area contributed by atoms with E-state index >= 15 is 0 Å². The highest BCUT2D eigenvalue weighted by molar-refractivity contribution is 5.87. The molecule has 1 aliphatic rings. The zero-order chi connectivity index (χ0) is 26.3. The summed E-state index contributed by atoms with van der Waals surface area (Å²) in [7, 11) is 0. The van der Waals surface area contributed by atoms with Crippen LogP contribution in [0, 0.1) is 5.41 Å². The Hall–Kier alpha value is -3.75. The van der Waals surface area contributed by atoms with E-state index in [2.05, 4.69) is 12.2 Å². The van der Waals surface area contributed by atoms with Gasteiger partial charge in [-0.1, -0.05) is 61.5 Å². The number of amides is 3. The molecule has 0 unspecified atom stereocenters. The molecule has 0 spiro atoms. The number of carbonyl (C=O) groups excluding carboxylic acids is 3. The Morgan fingerprint density at radius 3 is 2.43 bits per heavy atom. The molecule has 0 bridgehead atoms. The maximum atomic E-state index is 13.7. The smallest absolute Gasteiger partial charge is 0.238 e. The van der Waals surface area contributed by atoms with E-state index in [0.29, 0.717) is 44.6 Å². The summed E-state index contributed by atoms with van der Waals surface area (Å²) < 4.78 is 0. The molecule has 3 aromatic carbocycles. The van der Waals surface area contributed by atoms with Crippen LogP contribution in [0.5, 0.6) is 0 Å². The predicted molar refractivity (Wildman–Crippen MR) is 143 cm³/mol. The van der Waals surface area contributed by atoms with Gasteiger partial charge >= 0.3 is 0 Å². The standard InChI is InChI=1S/C29H34N4O4/c1-2-22-10-12-25(13-11-22)33(21-34)37-20-29(14-16-32(17-15-29)27(35)18-30)28(36)31-19-24-8-5-7-23-6-3-4-9-26(23)24/h3-13,21H,2,14-20,30H2,1H3,(H,31,36). The number of hydroxylamine groups is 1. The van der Waals surface area contributed by atoms with Crippen LogP contribution >= 0.6 is 0 Å². The Morgan fingerprint density at radius 2 is 1.76 bits per heavy atom. The molecule has 0 saturated carbocycles. The van der Waals surface area contributed by atoms with Crippen molar-refractivity contribution in [2.45, 2.75) is 32.7 Å². The highest BCUT2D eigenvalue weighted by Crippen LogP contribution is 2.33. The number of nitrogens with two attached hydrogens (primary N) is 1. The summed E-state index contributed by atoms with van der Waals surface area (Å²) in [5.41, 5.74) is 7.40. The van der Waals surface area contributed by atoms with Crippen LogP contribution in [0.15, 0.2) is 66.7 Å². The number of rotatable bonds is 10. The maximum Gasteiger partial charge on any atom is 0.238 e. The van der Waals surface area contributed by atoms with E-state index in [9.17, 15) is 14.4 Å². The number of hydrogen-bond acceptors (Lipinski definition) is 5. The molecule has 0 aromatic heterocycles. The first-order valence-corrected chi connectivity index (χ1v) is 12.7. The van der Waals surface area contributed by atoms with Gasteiger partial charge in [0.15, 0.2) is 0 Å². The summed E-state index contributed by atoms with van der Waals surface area (Å²) in [6.07, 6.45) is 2.30. The summed E-state index contributed by atoms with van der Waals surface area (Å²) in [4.78, 5) is 45.3. The van der Waals surface area contributed by atoms with Gasteiger partial charge in [-0.25, -0.2) is 0 Å². The molecule has 1 saturated heterocycles. The number of hydrogen-bond donors (Lipinski definition) is 2. The van der Waals surface area contributed by atoms with E-state index < -0.39 is 5.41 Å². The van der Waals surface area contributed by atoms with Crippen molar-refractivity contribution in [1.29, 1.82) is 0 Å². The summed E-state index contributed by atoms with van der Waals surface area (Å²) in [5, 5.41) is 6.46. The van der Waals surface area contributed by atoms with Crippen LogP contribution < -0.4 is 16.1 Å². The summed E-state index contributed by atoms with van der Waals surface area (Å²) >= 11 is 0. The monoisotopic (exact) mass is 502 g/mol. The fourth-order valence-corrected chi connectivity index (χ4v) is 4.80. The number of likely N-dealkylation sites (tertiary alicyclic amines) is 1. The third-order valence-electron chi connectivity index (χ3n) is 7.22. The largest absolute Gasteiger partial charge is 0.351 e. The SMILES string of the molecule is CCc1ccc(N(C=O)OCC2(C(=O)NCc3cccc4ccccc34)CCN(C(=O)CN)CC2)cc1. The quantitative estimate of drug-likeness (QED) is 0.327. The number of aryl methyl sites for hydroxylation is 1. The van der Waals surface area contributed by atoms with Crippen LogP contribution in [0.25, 0.3) is 10.8 Å². The molecule has 1 aliphatic heterocycles. The van der Waals surface area contributed by atoms with Gasteiger partial charge in [0.05, 0.1) is 24.3 Å². The van der Waals surface area contributed by atoms with Crippen LogP contribution in [0.3, 0.4) is 0 Å². The van der Waals surface area contributed by atoms with Crippen LogP contribution in [0.2, 0.25) is 0 Å². The summed E-state index contributed by atoms with van der Waals surface area (Å²) in [6.45, 7) is 3.16. The van der Waals surface area contributed by atoms with E-state index in [-0.39, 0.29) is 25.0 Å². The summed E-state index contributed by atoms with van der Waals surface area (Å²) in [6, 6.07) is 21.6. The van der Waals surface area contributed by atoms with Crippen molar-refractivity contribution in [3.05, 3.63) is 77.9 Å². The van der Waals surface area contributed by atoms with E-state index in [4.69, 9.17) is 10.6 Å². The zero-order valence-corrected chi connectivity index (χ0v) is 21.2. The first kappa shape index (κ1) is 26.3. The molecule has 4 rings (SSSR count). The number of fused-ring (bicyclic) bond motifs is 1. The first-order valence-electron chi connectivity index (χ1n) is 12.7. The second-order valence-electron chi connectivity index (χ2n) is 9.41. The lowest BCUT2D eigenvalue weighted by molar-refractivity contribution is -0.145. The molecular weight excluding hydrogens is 468 g/mol. The van der Waals surface area contributed by atoms with Crippen LogP contribution in [0.4, 0.5) is 5.69 Å². The van der Waals surface area contributed by atoms with Crippen molar-refractivity contribution in [2.24, 2.45) is 11.1 Å². The molecule has 0 atom stereocenters. The van der Waals surface area contributed by atoms with Gasteiger partial charge in [-0.3, -0.25) is 19.2 Å². The fourth-order valence-electron chi connectivity index (χ4n) is 4.80. The molecular formula is C29H34N4O4. The van der Waals surface area contributed by atoms with Crippen molar-refractivity contribution in [3.8, 4) is 0 Å². The first-order chi connectivity index (χ1) is 18.0. The maximum absolute atomic E-state index is 13.7. The van der Waals surface area contributed by atoms with Gasteiger partial charge in [0, 0.05) is 19.6 Å². The average molecular weight is 503 g/mol. The van der Waals surface area contributed by atoms with Gasteiger partial charge < -0.3 is 16.0 Å². The molecule has 3 N–H and O–H groups in total. The Kier molecular flexibility index (Phi) is 8.53. The Labute approximate surface area is 217 Å². The number of benzene rings is 3. The van der Waals surface area contributed by atoms with Gasteiger partial charge in [-0.15, -0.1) is 0 Å². The zero-order valence-electron chi connectivity index (χ0n) is 21.2. The Balaban J connectivity index is 1.51. The lowest BCUT2D eigenvalue weighted by atomic mass is 9.78. The molecule has 0 aliphatic carbocycles. The molecule has 8 nitrogen and oxygen atoms in total. The fraction of sp³-hybridized carbons (Fsp3) is 0.345. The lowest BCUT2D eigenvalue weighted by Crippen LogP contribution is -2.53. The average Bonchev–Trinajstić information content (AvgIpc) is 2.96. The second-order valence-corrected chi connectivity index (χ2v) is 9.41. The second kappa shape index (κ2) is 12.0. The molecule has 3 aromatic rings. The number of piperidine rings is 1. The van der Waals surface area contributed by atoms with Gasteiger partial charge in [0.25, 0.3) is 0 Å². The number of nitrogens with one attached hydrogen (secondary N) is 1. The van der Waals surface area contributed by atoms with Crippen molar-refractivity contribution in [3.63, 3.8) is 0 Å². The van der Waals surface area contributed by atoms with Crippen LogP contribution in [-0.4, -0.2) is 49.4 Å².